The number of amides is 1. The number of nitrogens with one attached hydrogen (secondary N) is 1. The summed E-state index contributed by atoms with van der Waals surface area (Å²) in [7, 11) is 0. The average Bonchev–Trinajstić information content (AvgIpc) is 3.48. The molecule has 3 aromatic heterocycles. The van der Waals surface area contributed by atoms with Gasteiger partial charge in [-0.05, 0) is 25.0 Å². The zero-order valence-corrected chi connectivity index (χ0v) is 15.8. The lowest BCUT2D eigenvalue weighted by atomic mass is 10.2. The number of ether oxygens (including phenoxy) is 1. The number of imidazole rings is 1. The molecule has 1 fully saturated rings. The van der Waals surface area contributed by atoms with Crippen molar-refractivity contribution in [2.24, 2.45) is 0 Å². The first kappa shape index (κ1) is 18.3. The van der Waals surface area contributed by atoms with E-state index in [9.17, 15) is 4.79 Å². The third-order valence-electron chi connectivity index (χ3n) is 4.54. The van der Waals surface area contributed by atoms with E-state index in [1.165, 1.54) is 0 Å². The lowest BCUT2D eigenvalue weighted by molar-refractivity contribution is 0.0854. The molecule has 0 unspecified atom stereocenters. The lowest BCUT2D eigenvalue weighted by Crippen LogP contribution is -2.31. The summed E-state index contributed by atoms with van der Waals surface area (Å²) < 4.78 is 12.5. The van der Waals surface area contributed by atoms with Crippen molar-refractivity contribution in [1.82, 2.24) is 30.0 Å². The van der Waals surface area contributed by atoms with E-state index < -0.39 is 0 Å². The number of rotatable bonds is 6. The smallest absolute Gasteiger partial charge is 0.271 e. The number of pyridine rings is 1. The summed E-state index contributed by atoms with van der Waals surface area (Å²) in [6.07, 6.45) is 6.95. The number of aromatic nitrogens is 5. The molecule has 1 saturated heterocycles. The van der Waals surface area contributed by atoms with Crippen LogP contribution in [0.3, 0.4) is 0 Å². The first-order valence-electron chi connectivity index (χ1n) is 9.34. The van der Waals surface area contributed by atoms with E-state index in [0.29, 0.717) is 29.8 Å². The molecule has 1 atom stereocenters. The second-order valence-corrected chi connectivity index (χ2v) is 7.03. The van der Waals surface area contributed by atoms with Gasteiger partial charge in [-0.25, -0.2) is 9.97 Å². The third-order valence-corrected chi connectivity index (χ3v) is 4.54. The van der Waals surface area contributed by atoms with Crippen LogP contribution in [-0.4, -0.2) is 49.8 Å². The predicted molar refractivity (Wildman–Crippen MR) is 100 cm³/mol. The molecule has 0 aromatic carbocycles. The molecule has 1 N–H and O–H groups in total. The van der Waals surface area contributed by atoms with Crippen molar-refractivity contribution in [3.63, 3.8) is 0 Å². The Morgan fingerprint density at radius 1 is 1.39 bits per heavy atom. The van der Waals surface area contributed by atoms with E-state index in [4.69, 9.17) is 9.26 Å². The lowest BCUT2D eigenvalue weighted by Gasteiger charge is -2.09. The largest absolute Gasteiger partial charge is 0.376 e. The van der Waals surface area contributed by atoms with Gasteiger partial charge in [0.1, 0.15) is 17.8 Å². The van der Waals surface area contributed by atoms with Gasteiger partial charge in [0.2, 0.25) is 0 Å². The number of carbonyl (C=O) groups excluding carboxylic acids is 1. The summed E-state index contributed by atoms with van der Waals surface area (Å²) in [6, 6.07) is 3.61. The predicted octanol–water partition coefficient (Wildman–Crippen LogP) is 2.35. The number of hydrogen-bond donors (Lipinski definition) is 1. The van der Waals surface area contributed by atoms with Gasteiger partial charge in [-0.1, -0.05) is 19.0 Å². The fourth-order valence-corrected chi connectivity index (χ4v) is 2.95. The first-order chi connectivity index (χ1) is 13.6. The maximum Gasteiger partial charge on any atom is 0.271 e. The van der Waals surface area contributed by atoms with Crippen LogP contribution >= 0.6 is 0 Å². The van der Waals surface area contributed by atoms with Crippen LogP contribution in [0.25, 0.3) is 17.3 Å². The molecule has 1 aliphatic rings. The Morgan fingerprint density at radius 3 is 3.04 bits per heavy atom. The van der Waals surface area contributed by atoms with Crippen LogP contribution in [0.4, 0.5) is 0 Å². The molecule has 4 rings (SSSR count). The molecule has 28 heavy (non-hydrogen) atoms. The van der Waals surface area contributed by atoms with Crippen LogP contribution < -0.4 is 5.32 Å². The zero-order valence-electron chi connectivity index (χ0n) is 15.8. The fraction of sp³-hybridized carbons (Fsp3) is 0.421. The summed E-state index contributed by atoms with van der Waals surface area (Å²) in [5.41, 5.74) is 1.08. The summed E-state index contributed by atoms with van der Waals surface area (Å²) in [5.74, 6) is 1.64. The van der Waals surface area contributed by atoms with Gasteiger partial charge in [0, 0.05) is 37.0 Å². The average molecular weight is 382 g/mol. The van der Waals surface area contributed by atoms with Gasteiger partial charge in [0.05, 0.1) is 6.10 Å². The molecule has 0 saturated carbocycles. The summed E-state index contributed by atoms with van der Waals surface area (Å²) >= 11 is 0. The minimum absolute atomic E-state index is 0.0921. The van der Waals surface area contributed by atoms with Gasteiger partial charge in [-0.15, -0.1) is 0 Å². The SMILES string of the molecule is CC(C)c1noc(-c2ccnc(-n3cnc(C(=O)NC[C@H]4CCCO4)c3)c2)n1. The maximum absolute atomic E-state index is 12.3. The Morgan fingerprint density at radius 2 is 2.29 bits per heavy atom. The molecule has 1 aliphatic heterocycles. The molecule has 9 nitrogen and oxygen atoms in total. The monoisotopic (exact) mass is 382 g/mol. The van der Waals surface area contributed by atoms with Gasteiger partial charge in [-0.2, -0.15) is 4.98 Å². The van der Waals surface area contributed by atoms with Gasteiger partial charge in [-0.3, -0.25) is 9.36 Å². The number of nitrogens with zero attached hydrogens (tertiary/aromatic N) is 5. The highest BCUT2D eigenvalue weighted by atomic mass is 16.5. The number of carbonyl (C=O) groups is 1. The normalized spacial score (nSPS) is 16.6. The van der Waals surface area contributed by atoms with Crippen molar-refractivity contribution in [3.05, 3.63) is 42.4 Å². The second kappa shape index (κ2) is 7.89. The van der Waals surface area contributed by atoms with Crippen LogP contribution in [0.15, 0.2) is 35.4 Å². The van der Waals surface area contributed by atoms with E-state index in [2.05, 4.69) is 25.4 Å². The highest BCUT2D eigenvalue weighted by molar-refractivity contribution is 5.92. The summed E-state index contributed by atoms with van der Waals surface area (Å²) in [4.78, 5) is 25.2. The van der Waals surface area contributed by atoms with Crippen molar-refractivity contribution in [3.8, 4) is 17.3 Å². The Hall–Kier alpha value is -3.07. The summed E-state index contributed by atoms with van der Waals surface area (Å²) in [5, 5.41) is 6.85. The molecule has 0 bridgehead atoms. The molecule has 1 amide bonds. The van der Waals surface area contributed by atoms with Crippen LogP contribution in [-0.2, 0) is 4.74 Å². The molecular weight excluding hydrogens is 360 g/mol. The van der Waals surface area contributed by atoms with Gasteiger partial charge in [0.15, 0.2) is 5.82 Å². The summed E-state index contributed by atoms with van der Waals surface area (Å²) in [6.45, 7) is 5.26. The van der Waals surface area contributed by atoms with E-state index in [0.717, 1.165) is 25.0 Å². The second-order valence-electron chi connectivity index (χ2n) is 7.03. The Kier molecular flexibility index (Phi) is 5.16. The first-order valence-corrected chi connectivity index (χ1v) is 9.34. The van der Waals surface area contributed by atoms with Crippen molar-refractivity contribution >= 4 is 5.91 Å². The quantitative estimate of drug-likeness (QED) is 0.697. The topological polar surface area (TPSA) is 108 Å². The Labute approximate surface area is 162 Å². The van der Waals surface area contributed by atoms with E-state index >= 15 is 0 Å². The van der Waals surface area contributed by atoms with E-state index in [-0.39, 0.29) is 17.9 Å². The Balaban J connectivity index is 1.48. The molecular formula is C19H22N6O3. The molecule has 9 heteroatoms. The van der Waals surface area contributed by atoms with Gasteiger partial charge >= 0.3 is 0 Å². The molecule has 0 radical (unpaired) electrons. The minimum Gasteiger partial charge on any atom is -0.376 e. The van der Waals surface area contributed by atoms with Crippen LogP contribution in [0, 0.1) is 0 Å². The Bertz CT molecular complexity index is 958. The van der Waals surface area contributed by atoms with Gasteiger partial charge < -0.3 is 14.6 Å². The third kappa shape index (κ3) is 3.94. The van der Waals surface area contributed by atoms with E-state index in [1.54, 1.807) is 29.4 Å². The fourth-order valence-electron chi connectivity index (χ4n) is 2.95. The van der Waals surface area contributed by atoms with Crippen LogP contribution in [0.2, 0.25) is 0 Å². The molecule has 0 aliphatic carbocycles. The minimum atomic E-state index is -0.233. The van der Waals surface area contributed by atoms with Crippen molar-refractivity contribution in [1.29, 1.82) is 0 Å². The molecule has 4 heterocycles. The van der Waals surface area contributed by atoms with Crippen LogP contribution in [0.1, 0.15) is 48.9 Å². The van der Waals surface area contributed by atoms with Crippen LogP contribution in [0.5, 0.6) is 0 Å². The number of hydrogen-bond acceptors (Lipinski definition) is 7. The molecule has 0 spiro atoms. The molecule has 146 valence electrons. The molecule has 3 aromatic rings. The van der Waals surface area contributed by atoms with E-state index in [1.807, 2.05) is 19.9 Å². The highest BCUT2D eigenvalue weighted by Gasteiger charge is 2.18. The van der Waals surface area contributed by atoms with Crippen molar-refractivity contribution in [2.45, 2.75) is 38.7 Å². The van der Waals surface area contributed by atoms with Crippen molar-refractivity contribution < 1.29 is 14.1 Å². The van der Waals surface area contributed by atoms with Crippen molar-refractivity contribution in [2.75, 3.05) is 13.2 Å². The highest BCUT2D eigenvalue weighted by Crippen LogP contribution is 2.21. The zero-order chi connectivity index (χ0) is 19.5. The maximum atomic E-state index is 12.3. The van der Waals surface area contributed by atoms with Gasteiger partial charge in [0.25, 0.3) is 11.8 Å². The standard InChI is InChI=1S/C19H22N6O3/c1-12(2)17-23-19(28-24-17)13-5-6-20-16(8-13)25-10-15(22-11-25)18(26)21-9-14-4-3-7-27-14/h5-6,8,10-12,14H,3-4,7,9H2,1-2H3,(H,21,26)/t14-/m1/s1.